The van der Waals surface area contributed by atoms with Gasteiger partial charge in [-0.25, -0.2) is 4.79 Å². The standard InChI is InChI=1S/C13H7Cl3O3/c14-9-6-11(16)10(15)5-8(9)12-3-1-7(19-12)2-4-13(17)18/h1-6H,(H,17,18)/b4-2+. The van der Waals surface area contributed by atoms with Crippen molar-refractivity contribution < 1.29 is 14.3 Å². The molecule has 0 atom stereocenters. The molecule has 0 spiro atoms. The van der Waals surface area contributed by atoms with Gasteiger partial charge in [0.1, 0.15) is 11.5 Å². The molecular formula is C13H7Cl3O3. The van der Waals surface area contributed by atoms with Crippen molar-refractivity contribution in [2.75, 3.05) is 0 Å². The molecule has 3 nitrogen and oxygen atoms in total. The van der Waals surface area contributed by atoms with Crippen LogP contribution in [0.5, 0.6) is 0 Å². The quantitative estimate of drug-likeness (QED) is 0.640. The van der Waals surface area contributed by atoms with Crippen LogP contribution in [-0.2, 0) is 4.79 Å². The van der Waals surface area contributed by atoms with Gasteiger partial charge in [0.2, 0.25) is 0 Å². The van der Waals surface area contributed by atoms with Crippen molar-refractivity contribution in [1.82, 2.24) is 0 Å². The van der Waals surface area contributed by atoms with E-state index in [1.165, 1.54) is 12.1 Å². The number of benzene rings is 1. The van der Waals surface area contributed by atoms with E-state index in [1.54, 1.807) is 18.2 Å². The fourth-order valence-electron chi connectivity index (χ4n) is 1.45. The Labute approximate surface area is 124 Å². The van der Waals surface area contributed by atoms with Crippen LogP contribution in [0.1, 0.15) is 5.76 Å². The highest BCUT2D eigenvalue weighted by atomic mass is 35.5. The molecule has 0 aliphatic heterocycles. The van der Waals surface area contributed by atoms with Crippen LogP contribution in [0.4, 0.5) is 0 Å². The van der Waals surface area contributed by atoms with Crippen molar-refractivity contribution in [3.8, 4) is 11.3 Å². The molecule has 0 aliphatic rings. The molecule has 1 aromatic heterocycles. The molecule has 0 radical (unpaired) electrons. The number of rotatable bonds is 3. The lowest BCUT2D eigenvalue weighted by atomic mass is 10.2. The number of aliphatic carboxylic acids is 1. The lowest BCUT2D eigenvalue weighted by molar-refractivity contribution is -0.131. The first-order chi connectivity index (χ1) is 8.97. The van der Waals surface area contributed by atoms with E-state index < -0.39 is 5.97 Å². The number of carboxylic acid groups (broad SMARTS) is 1. The Balaban J connectivity index is 2.38. The summed E-state index contributed by atoms with van der Waals surface area (Å²) < 4.78 is 5.46. The second kappa shape index (κ2) is 5.70. The molecule has 19 heavy (non-hydrogen) atoms. The third-order valence-corrected chi connectivity index (χ3v) is 3.33. The van der Waals surface area contributed by atoms with Gasteiger partial charge in [-0.1, -0.05) is 34.8 Å². The molecule has 0 saturated carbocycles. The van der Waals surface area contributed by atoms with Gasteiger partial charge < -0.3 is 9.52 Å². The molecule has 0 unspecified atom stereocenters. The number of carbonyl (C=O) groups is 1. The van der Waals surface area contributed by atoms with Gasteiger partial charge >= 0.3 is 5.97 Å². The summed E-state index contributed by atoms with van der Waals surface area (Å²) in [6.45, 7) is 0. The van der Waals surface area contributed by atoms with Gasteiger partial charge in [0.25, 0.3) is 0 Å². The van der Waals surface area contributed by atoms with Crippen molar-refractivity contribution in [2.24, 2.45) is 0 Å². The SMILES string of the molecule is O=C(O)/C=C/c1ccc(-c2cc(Cl)c(Cl)cc2Cl)o1. The van der Waals surface area contributed by atoms with Gasteiger partial charge in [0.15, 0.2) is 0 Å². The molecule has 98 valence electrons. The first-order valence-electron chi connectivity index (χ1n) is 5.13. The molecule has 0 amide bonds. The maximum Gasteiger partial charge on any atom is 0.328 e. The number of furan rings is 1. The summed E-state index contributed by atoms with van der Waals surface area (Å²) in [5, 5.41) is 9.64. The Bertz CT molecular complexity index is 659. The second-order valence-electron chi connectivity index (χ2n) is 3.62. The monoisotopic (exact) mass is 316 g/mol. The maximum atomic E-state index is 10.4. The molecule has 0 saturated heterocycles. The predicted octanol–water partition coefficient (Wildman–Crippen LogP) is 5.00. The van der Waals surface area contributed by atoms with E-state index in [4.69, 9.17) is 44.3 Å². The number of hydrogen-bond acceptors (Lipinski definition) is 2. The summed E-state index contributed by atoms with van der Waals surface area (Å²) in [4.78, 5) is 10.4. The fourth-order valence-corrected chi connectivity index (χ4v) is 2.09. The highest BCUT2D eigenvalue weighted by molar-refractivity contribution is 6.44. The number of halogens is 3. The Morgan fingerprint density at radius 1 is 1.11 bits per heavy atom. The fraction of sp³-hybridized carbons (Fsp3) is 0. The van der Waals surface area contributed by atoms with Crippen molar-refractivity contribution >= 4 is 46.8 Å². The van der Waals surface area contributed by atoms with Crippen LogP contribution < -0.4 is 0 Å². The Morgan fingerprint density at radius 3 is 2.47 bits per heavy atom. The predicted molar refractivity (Wildman–Crippen MR) is 75.8 cm³/mol. The average molecular weight is 318 g/mol. The van der Waals surface area contributed by atoms with E-state index in [-0.39, 0.29) is 0 Å². The van der Waals surface area contributed by atoms with Gasteiger partial charge in [-0.3, -0.25) is 0 Å². The Kier molecular flexibility index (Phi) is 4.20. The lowest BCUT2D eigenvalue weighted by Crippen LogP contribution is -1.84. The van der Waals surface area contributed by atoms with Crippen molar-refractivity contribution in [1.29, 1.82) is 0 Å². The molecule has 6 heteroatoms. The van der Waals surface area contributed by atoms with Crippen LogP contribution in [0.2, 0.25) is 15.1 Å². The summed E-state index contributed by atoms with van der Waals surface area (Å²) in [6, 6.07) is 6.42. The Hall–Kier alpha value is -1.42. The zero-order valence-corrected chi connectivity index (χ0v) is 11.6. The number of carboxylic acids is 1. The zero-order valence-electron chi connectivity index (χ0n) is 9.36. The summed E-state index contributed by atoms with van der Waals surface area (Å²) in [5.74, 6) is -0.168. The average Bonchev–Trinajstić information content (AvgIpc) is 2.80. The third kappa shape index (κ3) is 3.32. The van der Waals surface area contributed by atoms with E-state index in [2.05, 4.69) is 0 Å². The molecule has 0 aliphatic carbocycles. The van der Waals surface area contributed by atoms with Crippen molar-refractivity contribution in [2.45, 2.75) is 0 Å². The summed E-state index contributed by atoms with van der Waals surface area (Å²) in [7, 11) is 0. The minimum atomic E-state index is -1.05. The number of hydrogen-bond donors (Lipinski definition) is 1. The van der Waals surface area contributed by atoms with Crippen molar-refractivity contribution in [3.05, 3.63) is 51.2 Å². The maximum absolute atomic E-state index is 10.4. The lowest BCUT2D eigenvalue weighted by Gasteiger charge is -2.03. The minimum absolute atomic E-state index is 0.355. The molecule has 1 heterocycles. The van der Waals surface area contributed by atoms with Gasteiger partial charge in [-0.15, -0.1) is 0 Å². The zero-order chi connectivity index (χ0) is 14.0. The third-order valence-electron chi connectivity index (χ3n) is 2.29. The first kappa shape index (κ1) is 14.0. The Morgan fingerprint density at radius 2 is 1.79 bits per heavy atom. The van der Waals surface area contributed by atoms with Gasteiger partial charge in [0, 0.05) is 11.6 Å². The molecule has 0 fully saturated rings. The summed E-state index contributed by atoms with van der Waals surface area (Å²) >= 11 is 17.8. The van der Waals surface area contributed by atoms with Crippen LogP contribution in [0, 0.1) is 0 Å². The highest BCUT2D eigenvalue weighted by Crippen LogP contribution is 2.36. The molecular weight excluding hydrogens is 310 g/mol. The summed E-state index contributed by atoms with van der Waals surface area (Å²) in [5.41, 5.74) is 0.589. The normalized spacial score (nSPS) is 11.1. The first-order valence-corrected chi connectivity index (χ1v) is 6.26. The van der Waals surface area contributed by atoms with Crippen LogP contribution in [0.3, 0.4) is 0 Å². The highest BCUT2D eigenvalue weighted by Gasteiger charge is 2.11. The van der Waals surface area contributed by atoms with E-state index >= 15 is 0 Å². The van der Waals surface area contributed by atoms with Crippen LogP contribution >= 0.6 is 34.8 Å². The van der Waals surface area contributed by atoms with E-state index in [0.717, 1.165) is 6.08 Å². The van der Waals surface area contributed by atoms with E-state index in [9.17, 15) is 4.79 Å². The minimum Gasteiger partial charge on any atom is -0.478 e. The van der Waals surface area contributed by atoms with Crippen LogP contribution in [0.15, 0.2) is 34.8 Å². The molecule has 0 bridgehead atoms. The molecule has 2 rings (SSSR count). The smallest absolute Gasteiger partial charge is 0.328 e. The van der Waals surface area contributed by atoms with E-state index in [1.807, 2.05) is 0 Å². The topological polar surface area (TPSA) is 50.4 Å². The van der Waals surface area contributed by atoms with Gasteiger partial charge in [-0.2, -0.15) is 0 Å². The molecule has 1 N–H and O–H groups in total. The van der Waals surface area contributed by atoms with Crippen molar-refractivity contribution in [3.63, 3.8) is 0 Å². The van der Waals surface area contributed by atoms with E-state index in [0.29, 0.717) is 32.2 Å². The second-order valence-corrected chi connectivity index (χ2v) is 4.84. The van der Waals surface area contributed by atoms with Gasteiger partial charge in [-0.05, 0) is 30.3 Å². The largest absolute Gasteiger partial charge is 0.478 e. The summed E-state index contributed by atoms with van der Waals surface area (Å²) in [6.07, 6.45) is 2.33. The van der Waals surface area contributed by atoms with Crippen LogP contribution in [0.25, 0.3) is 17.4 Å². The molecule has 2 aromatic rings. The molecule has 1 aromatic carbocycles. The van der Waals surface area contributed by atoms with Crippen LogP contribution in [-0.4, -0.2) is 11.1 Å². The van der Waals surface area contributed by atoms with Gasteiger partial charge in [0.05, 0.1) is 15.1 Å².